The zero-order valence-corrected chi connectivity index (χ0v) is 12.1. The fourth-order valence-electron chi connectivity index (χ4n) is 2.57. The zero-order chi connectivity index (χ0) is 15.1. The van der Waals surface area contributed by atoms with Crippen molar-refractivity contribution >= 4 is 5.91 Å². The van der Waals surface area contributed by atoms with Gasteiger partial charge in [-0.05, 0) is 37.3 Å². The number of amides is 1. The van der Waals surface area contributed by atoms with Crippen LogP contribution in [0.1, 0.15) is 25.7 Å². The maximum absolute atomic E-state index is 13.0. The van der Waals surface area contributed by atoms with Crippen molar-refractivity contribution in [3.63, 3.8) is 0 Å². The number of hydrogen-bond donors (Lipinski definition) is 1. The summed E-state index contributed by atoms with van der Waals surface area (Å²) in [5.74, 6) is 0.481. The van der Waals surface area contributed by atoms with Crippen LogP contribution in [-0.2, 0) is 4.79 Å². The smallest absolute Gasteiger partial charge is 0.222 e. The molecule has 116 valence electrons. The third-order valence-electron chi connectivity index (χ3n) is 3.73. The number of nitrogens with zero attached hydrogens (tertiary/aromatic N) is 1. The van der Waals surface area contributed by atoms with Gasteiger partial charge in [0, 0.05) is 32.2 Å². The summed E-state index contributed by atoms with van der Waals surface area (Å²) >= 11 is 0. The van der Waals surface area contributed by atoms with Gasteiger partial charge in [0.25, 0.3) is 0 Å². The average molecular weight is 295 g/mol. The Morgan fingerprint density at radius 3 is 3.10 bits per heavy atom. The molecule has 0 spiro atoms. The second-order valence-corrected chi connectivity index (χ2v) is 5.44. The highest BCUT2D eigenvalue weighted by molar-refractivity contribution is 5.76. The van der Waals surface area contributed by atoms with Crippen LogP contribution in [-0.4, -0.2) is 42.2 Å². The molecule has 21 heavy (non-hydrogen) atoms. The molecule has 0 radical (unpaired) electrons. The van der Waals surface area contributed by atoms with Crippen LogP contribution in [0.15, 0.2) is 24.3 Å². The summed E-state index contributed by atoms with van der Waals surface area (Å²) in [7, 11) is 0. The maximum atomic E-state index is 13.0. The number of piperidine rings is 1. The predicted octanol–water partition coefficient (Wildman–Crippen LogP) is 2.22. The Morgan fingerprint density at radius 2 is 2.33 bits per heavy atom. The SMILES string of the molecule is O=C(CCCOc1cccc(F)c1)N1CCCC(CO)C1. The molecule has 1 aromatic carbocycles. The summed E-state index contributed by atoms with van der Waals surface area (Å²) in [5.41, 5.74) is 0. The largest absolute Gasteiger partial charge is 0.493 e. The normalized spacial score (nSPS) is 18.6. The first-order chi connectivity index (χ1) is 10.2. The summed E-state index contributed by atoms with van der Waals surface area (Å²) in [6.45, 7) is 1.97. The molecule has 0 aliphatic carbocycles. The molecule has 5 heteroatoms. The van der Waals surface area contributed by atoms with E-state index in [1.54, 1.807) is 12.1 Å². The van der Waals surface area contributed by atoms with Gasteiger partial charge >= 0.3 is 0 Å². The number of halogens is 1. The van der Waals surface area contributed by atoms with E-state index in [0.717, 1.165) is 19.4 Å². The van der Waals surface area contributed by atoms with E-state index in [-0.39, 0.29) is 24.2 Å². The zero-order valence-electron chi connectivity index (χ0n) is 12.1. The first kappa shape index (κ1) is 15.8. The van der Waals surface area contributed by atoms with Crippen molar-refractivity contribution in [3.8, 4) is 5.75 Å². The van der Waals surface area contributed by atoms with E-state index in [1.807, 2.05) is 4.90 Å². The number of benzene rings is 1. The molecule has 4 nitrogen and oxygen atoms in total. The van der Waals surface area contributed by atoms with Crippen molar-refractivity contribution in [1.82, 2.24) is 4.90 Å². The Labute approximate surface area is 124 Å². The van der Waals surface area contributed by atoms with E-state index in [1.165, 1.54) is 12.1 Å². The van der Waals surface area contributed by atoms with Crippen LogP contribution in [0.5, 0.6) is 5.75 Å². The van der Waals surface area contributed by atoms with Crippen LogP contribution in [0.2, 0.25) is 0 Å². The van der Waals surface area contributed by atoms with Gasteiger partial charge in [-0.25, -0.2) is 4.39 Å². The summed E-state index contributed by atoms with van der Waals surface area (Å²) in [6.07, 6.45) is 2.98. The Balaban J connectivity index is 1.67. The van der Waals surface area contributed by atoms with Gasteiger partial charge in [-0.1, -0.05) is 6.07 Å². The number of carbonyl (C=O) groups is 1. The van der Waals surface area contributed by atoms with E-state index in [9.17, 15) is 9.18 Å². The first-order valence-corrected chi connectivity index (χ1v) is 7.46. The average Bonchev–Trinajstić information content (AvgIpc) is 2.51. The van der Waals surface area contributed by atoms with Gasteiger partial charge < -0.3 is 14.7 Å². The predicted molar refractivity (Wildman–Crippen MR) is 77.5 cm³/mol. The lowest BCUT2D eigenvalue weighted by atomic mass is 9.99. The van der Waals surface area contributed by atoms with Crippen molar-refractivity contribution in [3.05, 3.63) is 30.1 Å². The summed E-state index contributed by atoms with van der Waals surface area (Å²) in [4.78, 5) is 13.9. The van der Waals surface area contributed by atoms with E-state index in [4.69, 9.17) is 9.84 Å². The molecular weight excluding hydrogens is 273 g/mol. The molecule has 1 atom stereocenters. The molecule has 1 aliphatic heterocycles. The molecule has 1 fully saturated rings. The lowest BCUT2D eigenvalue weighted by Gasteiger charge is -2.31. The van der Waals surface area contributed by atoms with E-state index >= 15 is 0 Å². The highest BCUT2D eigenvalue weighted by atomic mass is 19.1. The van der Waals surface area contributed by atoms with Gasteiger partial charge in [-0.3, -0.25) is 4.79 Å². The van der Waals surface area contributed by atoms with E-state index in [0.29, 0.717) is 31.7 Å². The number of aliphatic hydroxyl groups excluding tert-OH is 1. The van der Waals surface area contributed by atoms with Crippen LogP contribution in [0, 0.1) is 11.7 Å². The minimum absolute atomic E-state index is 0.107. The van der Waals surface area contributed by atoms with Crippen LogP contribution < -0.4 is 4.74 Å². The standard InChI is InChI=1S/C16H22FNO3/c17-14-5-1-6-15(10-14)21-9-3-7-16(20)18-8-2-4-13(11-18)12-19/h1,5-6,10,13,19H,2-4,7-9,11-12H2. The third kappa shape index (κ3) is 5.01. The van der Waals surface area contributed by atoms with Crippen LogP contribution in [0.3, 0.4) is 0 Å². The highest BCUT2D eigenvalue weighted by Gasteiger charge is 2.22. The molecule has 1 aliphatic rings. The van der Waals surface area contributed by atoms with E-state index < -0.39 is 0 Å². The van der Waals surface area contributed by atoms with Crippen molar-refractivity contribution in [2.24, 2.45) is 5.92 Å². The molecule has 1 saturated heterocycles. The minimum Gasteiger partial charge on any atom is -0.493 e. The lowest BCUT2D eigenvalue weighted by molar-refractivity contribution is -0.133. The Morgan fingerprint density at radius 1 is 1.48 bits per heavy atom. The molecule has 1 aromatic rings. The van der Waals surface area contributed by atoms with Crippen molar-refractivity contribution in [2.75, 3.05) is 26.3 Å². The quantitative estimate of drug-likeness (QED) is 0.819. The van der Waals surface area contributed by atoms with Gasteiger partial charge in [0.15, 0.2) is 0 Å². The second-order valence-electron chi connectivity index (χ2n) is 5.44. The first-order valence-electron chi connectivity index (χ1n) is 7.46. The fraction of sp³-hybridized carbons (Fsp3) is 0.562. The molecule has 1 unspecified atom stereocenters. The fourth-order valence-corrected chi connectivity index (χ4v) is 2.57. The molecule has 1 heterocycles. The molecule has 0 aromatic heterocycles. The lowest BCUT2D eigenvalue weighted by Crippen LogP contribution is -2.40. The second kappa shape index (κ2) is 7.98. The van der Waals surface area contributed by atoms with Gasteiger partial charge in [0.1, 0.15) is 11.6 Å². The molecular formula is C16H22FNO3. The number of likely N-dealkylation sites (tertiary alicyclic amines) is 1. The molecule has 1 amide bonds. The Hall–Kier alpha value is -1.62. The van der Waals surface area contributed by atoms with Crippen LogP contribution in [0.4, 0.5) is 4.39 Å². The van der Waals surface area contributed by atoms with Gasteiger partial charge in [0.05, 0.1) is 6.61 Å². The molecule has 2 rings (SSSR count). The Kier molecular flexibility index (Phi) is 5.99. The molecule has 0 saturated carbocycles. The van der Waals surface area contributed by atoms with E-state index in [2.05, 4.69) is 0 Å². The molecule has 1 N–H and O–H groups in total. The number of hydrogen-bond acceptors (Lipinski definition) is 3. The summed E-state index contributed by atoms with van der Waals surface area (Å²) < 4.78 is 18.4. The number of rotatable bonds is 6. The van der Waals surface area contributed by atoms with Crippen molar-refractivity contribution < 1.29 is 19.0 Å². The number of carbonyl (C=O) groups excluding carboxylic acids is 1. The summed E-state index contributed by atoms with van der Waals surface area (Å²) in [6, 6.07) is 5.99. The van der Waals surface area contributed by atoms with Crippen LogP contribution in [0.25, 0.3) is 0 Å². The maximum Gasteiger partial charge on any atom is 0.222 e. The van der Waals surface area contributed by atoms with Crippen LogP contribution >= 0.6 is 0 Å². The van der Waals surface area contributed by atoms with Crippen molar-refractivity contribution in [2.45, 2.75) is 25.7 Å². The van der Waals surface area contributed by atoms with Gasteiger partial charge in [-0.15, -0.1) is 0 Å². The third-order valence-corrected chi connectivity index (χ3v) is 3.73. The number of ether oxygens (including phenoxy) is 1. The monoisotopic (exact) mass is 295 g/mol. The minimum atomic E-state index is -0.327. The van der Waals surface area contributed by atoms with Crippen molar-refractivity contribution in [1.29, 1.82) is 0 Å². The van der Waals surface area contributed by atoms with Gasteiger partial charge in [0.2, 0.25) is 5.91 Å². The van der Waals surface area contributed by atoms with Gasteiger partial charge in [-0.2, -0.15) is 0 Å². The Bertz CT molecular complexity index is 467. The summed E-state index contributed by atoms with van der Waals surface area (Å²) in [5, 5.41) is 9.16. The number of aliphatic hydroxyl groups is 1. The highest BCUT2D eigenvalue weighted by Crippen LogP contribution is 2.17. The molecule has 0 bridgehead atoms. The topological polar surface area (TPSA) is 49.8 Å².